The summed E-state index contributed by atoms with van der Waals surface area (Å²) >= 11 is 0. The monoisotopic (exact) mass is 190 g/mol. The molecular formula is C13H18O. The Hall–Kier alpha value is -1.08. The molecule has 1 rings (SSSR count). The minimum Gasteiger partial charge on any atom is -0.372 e. The normalized spacial score (nSPS) is 12.2. The van der Waals surface area contributed by atoms with Crippen molar-refractivity contribution < 1.29 is 4.74 Å². The van der Waals surface area contributed by atoms with E-state index in [1.807, 2.05) is 24.3 Å². The zero-order valence-corrected chi connectivity index (χ0v) is 9.16. The third kappa shape index (κ3) is 4.83. The van der Waals surface area contributed by atoms with Crippen LogP contribution in [0.25, 0.3) is 6.08 Å². The topological polar surface area (TPSA) is 9.23 Å². The molecule has 0 radical (unpaired) electrons. The van der Waals surface area contributed by atoms with Gasteiger partial charge in [-0.1, -0.05) is 42.5 Å². The van der Waals surface area contributed by atoms with Crippen molar-refractivity contribution in [1.82, 2.24) is 0 Å². The summed E-state index contributed by atoms with van der Waals surface area (Å²) in [5.41, 5.74) is 1.16. The standard InChI is InChI=1S/C13H18O/c1-13(2,3)14-11-7-10-12-8-5-4-6-9-12/h4-10H,11H2,1-3H3. The number of benzene rings is 1. The van der Waals surface area contributed by atoms with E-state index >= 15 is 0 Å². The Balaban J connectivity index is 2.35. The van der Waals surface area contributed by atoms with Gasteiger partial charge in [0.2, 0.25) is 0 Å². The summed E-state index contributed by atoms with van der Waals surface area (Å²) in [4.78, 5) is 0. The minimum absolute atomic E-state index is 0.0545. The second kappa shape index (κ2) is 4.97. The molecular weight excluding hydrogens is 172 g/mol. The van der Waals surface area contributed by atoms with E-state index in [2.05, 4.69) is 39.0 Å². The Morgan fingerprint density at radius 2 is 1.79 bits per heavy atom. The maximum atomic E-state index is 5.56. The second-order valence-electron chi connectivity index (χ2n) is 4.24. The van der Waals surface area contributed by atoms with Gasteiger partial charge in [0.15, 0.2) is 0 Å². The zero-order valence-electron chi connectivity index (χ0n) is 9.16. The quantitative estimate of drug-likeness (QED) is 0.708. The highest BCUT2D eigenvalue weighted by molar-refractivity contribution is 5.48. The van der Waals surface area contributed by atoms with Crippen molar-refractivity contribution in [3.8, 4) is 0 Å². The van der Waals surface area contributed by atoms with Gasteiger partial charge in [0.25, 0.3) is 0 Å². The first-order valence-electron chi connectivity index (χ1n) is 4.93. The molecule has 0 aliphatic heterocycles. The van der Waals surface area contributed by atoms with Gasteiger partial charge in [0.1, 0.15) is 0 Å². The molecule has 0 N–H and O–H groups in total. The lowest BCUT2D eigenvalue weighted by molar-refractivity contribution is 0.0152. The van der Waals surface area contributed by atoms with E-state index in [1.165, 1.54) is 5.56 Å². The number of hydrogen-bond donors (Lipinski definition) is 0. The van der Waals surface area contributed by atoms with Gasteiger partial charge < -0.3 is 4.74 Å². The lowest BCUT2D eigenvalue weighted by Gasteiger charge is -2.17. The van der Waals surface area contributed by atoms with Gasteiger partial charge in [-0.3, -0.25) is 0 Å². The molecule has 1 aromatic carbocycles. The van der Waals surface area contributed by atoms with E-state index < -0.39 is 0 Å². The predicted molar refractivity (Wildman–Crippen MR) is 61.2 cm³/mol. The first-order chi connectivity index (χ1) is 6.58. The summed E-state index contributed by atoms with van der Waals surface area (Å²) in [7, 11) is 0. The van der Waals surface area contributed by atoms with E-state index in [0.717, 1.165) is 0 Å². The van der Waals surface area contributed by atoms with Crippen LogP contribution in [-0.2, 0) is 4.74 Å². The SMILES string of the molecule is CC(C)(C)OCC=Cc1ccccc1. The van der Waals surface area contributed by atoms with Crippen molar-refractivity contribution in [2.24, 2.45) is 0 Å². The fourth-order valence-corrected chi connectivity index (χ4v) is 1.05. The average Bonchev–Trinajstić information content (AvgIpc) is 2.13. The summed E-state index contributed by atoms with van der Waals surface area (Å²) in [5, 5.41) is 0. The first-order valence-corrected chi connectivity index (χ1v) is 4.93. The van der Waals surface area contributed by atoms with E-state index in [0.29, 0.717) is 6.61 Å². The molecule has 0 unspecified atom stereocenters. The van der Waals surface area contributed by atoms with Crippen LogP contribution in [0.4, 0.5) is 0 Å². The summed E-state index contributed by atoms with van der Waals surface area (Å²) in [5.74, 6) is 0. The lowest BCUT2D eigenvalue weighted by Crippen LogP contribution is -2.18. The molecule has 1 heteroatoms. The third-order valence-corrected chi connectivity index (χ3v) is 1.72. The van der Waals surface area contributed by atoms with Gasteiger partial charge in [-0.25, -0.2) is 0 Å². The van der Waals surface area contributed by atoms with Crippen LogP contribution in [0.15, 0.2) is 36.4 Å². The van der Waals surface area contributed by atoms with Crippen molar-refractivity contribution in [1.29, 1.82) is 0 Å². The molecule has 0 amide bonds. The number of ether oxygens (including phenoxy) is 1. The van der Waals surface area contributed by atoms with Gasteiger partial charge in [-0.15, -0.1) is 0 Å². The average molecular weight is 190 g/mol. The maximum absolute atomic E-state index is 5.56. The van der Waals surface area contributed by atoms with E-state index in [-0.39, 0.29) is 5.60 Å². The number of rotatable bonds is 3. The lowest BCUT2D eigenvalue weighted by atomic mass is 10.2. The molecule has 0 saturated heterocycles. The molecule has 0 aromatic heterocycles. The van der Waals surface area contributed by atoms with E-state index in [9.17, 15) is 0 Å². The van der Waals surface area contributed by atoms with Crippen LogP contribution in [-0.4, -0.2) is 12.2 Å². The fraction of sp³-hybridized carbons (Fsp3) is 0.385. The first kappa shape index (κ1) is 11.0. The Morgan fingerprint density at radius 3 is 2.36 bits per heavy atom. The van der Waals surface area contributed by atoms with Gasteiger partial charge in [0.05, 0.1) is 12.2 Å². The molecule has 1 nitrogen and oxygen atoms in total. The highest BCUT2D eigenvalue weighted by Gasteiger charge is 2.07. The largest absolute Gasteiger partial charge is 0.372 e. The summed E-state index contributed by atoms with van der Waals surface area (Å²) < 4.78 is 5.56. The Bertz CT molecular complexity index is 280. The van der Waals surface area contributed by atoms with Crippen LogP contribution < -0.4 is 0 Å². The molecule has 0 heterocycles. The molecule has 0 spiro atoms. The summed E-state index contributed by atoms with van der Waals surface area (Å²) in [6, 6.07) is 10.2. The van der Waals surface area contributed by atoms with Gasteiger partial charge in [-0.05, 0) is 26.3 Å². The molecule has 0 aliphatic carbocycles. The fourth-order valence-electron chi connectivity index (χ4n) is 1.05. The molecule has 14 heavy (non-hydrogen) atoms. The highest BCUT2D eigenvalue weighted by Crippen LogP contribution is 2.07. The van der Waals surface area contributed by atoms with Crippen LogP contribution in [0.1, 0.15) is 26.3 Å². The third-order valence-electron chi connectivity index (χ3n) is 1.72. The Kier molecular flexibility index (Phi) is 3.90. The second-order valence-corrected chi connectivity index (χ2v) is 4.24. The molecule has 0 bridgehead atoms. The van der Waals surface area contributed by atoms with Crippen molar-refractivity contribution in [2.75, 3.05) is 6.61 Å². The highest BCUT2D eigenvalue weighted by atomic mass is 16.5. The molecule has 1 aromatic rings. The molecule has 0 atom stereocenters. The molecule has 76 valence electrons. The van der Waals surface area contributed by atoms with Gasteiger partial charge in [0, 0.05) is 0 Å². The Labute approximate surface area is 86.4 Å². The van der Waals surface area contributed by atoms with Crippen molar-refractivity contribution in [3.05, 3.63) is 42.0 Å². The zero-order chi connectivity index (χ0) is 10.4. The summed E-state index contributed by atoms with van der Waals surface area (Å²) in [6.07, 6.45) is 4.12. The van der Waals surface area contributed by atoms with Crippen LogP contribution >= 0.6 is 0 Å². The van der Waals surface area contributed by atoms with Crippen molar-refractivity contribution in [2.45, 2.75) is 26.4 Å². The van der Waals surface area contributed by atoms with Crippen molar-refractivity contribution >= 4 is 6.08 Å². The van der Waals surface area contributed by atoms with E-state index in [4.69, 9.17) is 4.74 Å². The van der Waals surface area contributed by atoms with Crippen LogP contribution in [0.2, 0.25) is 0 Å². The predicted octanol–water partition coefficient (Wildman–Crippen LogP) is 3.51. The molecule has 0 aliphatic rings. The van der Waals surface area contributed by atoms with Crippen LogP contribution in [0, 0.1) is 0 Å². The smallest absolute Gasteiger partial charge is 0.0657 e. The van der Waals surface area contributed by atoms with Gasteiger partial charge >= 0.3 is 0 Å². The maximum Gasteiger partial charge on any atom is 0.0657 e. The number of hydrogen-bond acceptors (Lipinski definition) is 1. The molecule has 0 fully saturated rings. The van der Waals surface area contributed by atoms with E-state index in [1.54, 1.807) is 0 Å². The van der Waals surface area contributed by atoms with Crippen molar-refractivity contribution in [3.63, 3.8) is 0 Å². The summed E-state index contributed by atoms with van der Waals surface area (Å²) in [6.45, 7) is 6.84. The Morgan fingerprint density at radius 1 is 1.14 bits per heavy atom. The van der Waals surface area contributed by atoms with Crippen LogP contribution in [0.3, 0.4) is 0 Å². The van der Waals surface area contributed by atoms with Gasteiger partial charge in [-0.2, -0.15) is 0 Å². The minimum atomic E-state index is -0.0545. The van der Waals surface area contributed by atoms with Crippen LogP contribution in [0.5, 0.6) is 0 Å². The molecule has 0 saturated carbocycles.